The Kier molecular flexibility index (Phi) is 6.73. The molecule has 1 N–H and O–H groups in total. The molecule has 2 nitrogen and oxygen atoms in total. The summed E-state index contributed by atoms with van der Waals surface area (Å²) >= 11 is 0. The van der Waals surface area contributed by atoms with Crippen molar-refractivity contribution in [2.75, 3.05) is 0 Å². The van der Waals surface area contributed by atoms with Gasteiger partial charge in [-0.25, -0.2) is 17.6 Å². The minimum Gasteiger partial charge on any atom is -0.329 e. The Balaban J connectivity index is 1.70. The molecule has 5 aromatic rings. The SMILES string of the molecule is O=c1[nH]cc(C(c2ccc(F)cc2)c2ccc(F)cc2)cc1C(c1ccc(F)cc1)c1ccc(F)cc1. The average molecular weight is 500 g/mol. The number of rotatable bonds is 6. The highest BCUT2D eigenvalue weighted by molar-refractivity contribution is 5.47. The van der Waals surface area contributed by atoms with E-state index in [1.165, 1.54) is 48.5 Å². The second kappa shape index (κ2) is 10.3. The first kappa shape index (κ1) is 24.3. The van der Waals surface area contributed by atoms with Crippen LogP contribution in [0.3, 0.4) is 0 Å². The lowest BCUT2D eigenvalue weighted by atomic mass is 9.81. The summed E-state index contributed by atoms with van der Waals surface area (Å²) in [4.78, 5) is 16.0. The van der Waals surface area contributed by atoms with Gasteiger partial charge < -0.3 is 4.98 Å². The summed E-state index contributed by atoms with van der Waals surface area (Å²) in [5.74, 6) is -2.69. The first-order valence-corrected chi connectivity index (χ1v) is 11.6. The summed E-state index contributed by atoms with van der Waals surface area (Å²) in [5.41, 5.74) is 3.47. The third-order valence-corrected chi connectivity index (χ3v) is 6.41. The van der Waals surface area contributed by atoms with Crippen LogP contribution >= 0.6 is 0 Å². The summed E-state index contributed by atoms with van der Waals surface area (Å²) in [6.45, 7) is 0. The molecule has 0 bridgehead atoms. The summed E-state index contributed by atoms with van der Waals surface area (Å²) in [5, 5.41) is 0. The fourth-order valence-corrected chi connectivity index (χ4v) is 4.65. The molecule has 0 fully saturated rings. The molecule has 0 saturated heterocycles. The molecule has 0 atom stereocenters. The molecular weight excluding hydrogens is 478 g/mol. The van der Waals surface area contributed by atoms with Crippen molar-refractivity contribution in [3.05, 3.63) is 176 Å². The Hall–Kier alpha value is -4.45. The third kappa shape index (κ3) is 5.23. The highest BCUT2D eigenvalue weighted by Gasteiger charge is 2.24. The monoisotopic (exact) mass is 499 g/mol. The lowest BCUT2D eigenvalue weighted by Crippen LogP contribution is -2.20. The second-order valence-electron chi connectivity index (χ2n) is 8.79. The topological polar surface area (TPSA) is 32.9 Å². The Labute approximate surface area is 210 Å². The number of benzene rings is 4. The minimum absolute atomic E-state index is 0.362. The van der Waals surface area contributed by atoms with Gasteiger partial charge in [0.1, 0.15) is 23.3 Å². The van der Waals surface area contributed by atoms with Gasteiger partial charge in [-0.2, -0.15) is 0 Å². The lowest BCUT2D eigenvalue weighted by molar-refractivity contribution is 0.625. The number of aromatic amines is 1. The molecule has 37 heavy (non-hydrogen) atoms. The van der Waals surface area contributed by atoms with Crippen molar-refractivity contribution in [1.82, 2.24) is 4.98 Å². The van der Waals surface area contributed by atoms with Gasteiger partial charge in [0.2, 0.25) is 0 Å². The van der Waals surface area contributed by atoms with E-state index in [4.69, 9.17) is 0 Å². The fraction of sp³-hybridized carbons (Fsp3) is 0.0645. The molecule has 5 rings (SSSR count). The van der Waals surface area contributed by atoms with Crippen molar-refractivity contribution in [2.24, 2.45) is 0 Å². The molecule has 1 heterocycles. The molecule has 0 aliphatic carbocycles. The van der Waals surface area contributed by atoms with Crippen LogP contribution in [0, 0.1) is 23.3 Å². The zero-order valence-electron chi connectivity index (χ0n) is 19.5. The van der Waals surface area contributed by atoms with Gasteiger partial charge in [0.05, 0.1) is 0 Å². The first-order valence-electron chi connectivity index (χ1n) is 11.6. The number of aromatic nitrogens is 1. The summed E-state index contributed by atoms with van der Waals surface area (Å²) < 4.78 is 54.9. The van der Waals surface area contributed by atoms with E-state index >= 15 is 0 Å². The highest BCUT2D eigenvalue weighted by Crippen LogP contribution is 2.35. The van der Waals surface area contributed by atoms with Gasteiger partial charge in [0.25, 0.3) is 5.56 Å². The van der Waals surface area contributed by atoms with Crippen LogP contribution in [0.1, 0.15) is 45.2 Å². The Bertz CT molecular complexity index is 1470. The molecule has 0 aliphatic rings. The van der Waals surface area contributed by atoms with Crippen molar-refractivity contribution < 1.29 is 17.6 Å². The van der Waals surface area contributed by atoms with Gasteiger partial charge in [-0.1, -0.05) is 48.5 Å². The van der Waals surface area contributed by atoms with Crippen LogP contribution in [0.4, 0.5) is 17.6 Å². The largest absolute Gasteiger partial charge is 0.329 e. The van der Waals surface area contributed by atoms with E-state index in [1.54, 1.807) is 60.8 Å². The van der Waals surface area contributed by atoms with Gasteiger partial charge in [0.15, 0.2) is 0 Å². The molecule has 6 heteroatoms. The van der Waals surface area contributed by atoms with E-state index in [1.807, 2.05) is 0 Å². The Morgan fingerprint density at radius 3 is 1.14 bits per heavy atom. The van der Waals surface area contributed by atoms with Gasteiger partial charge in [-0.05, 0) is 82.4 Å². The van der Waals surface area contributed by atoms with E-state index in [0.717, 1.165) is 11.1 Å². The quantitative estimate of drug-likeness (QED) is 0.245. The van der Waals surface area contributed by atoms with E-state index in [-0.39, 0.29) is 5.56 Å². The van der Waals surface area contributed by atoms with Crippen LogP contribution in [0.15, 0.2) is 114 Å². The molecule has 0 spiro atoms. The van der Waals surface area contributed by atoms with Crippen LogP contribution in [0.5, 0.6) is 0 Å². The maximum absolute atomic E-state index is 13.7. The third-order valence-electron chi connectivity index (χ3n) is 6.41. The van der Waals surface area contributed by atoms with Crippen molar-refractivity contribution in [1.29, 1.82) is 0 Å². The van der Waals surface area contributed by atoms with Crippen LogP contribution in [0.25, 0.3) is 0 Å². The zero-order valence-corrected chi connectivity index (χ0v) is 19.5. The zero-order chi connectivity index (χ0) is 25.9. The molecule has 1 aromatic heterocycles. The predicted molar refractivity (Wildman–Crippen MR) is 135 cm³/mol. The summed E-state index contributed by atoms with van der Waals surface area (Å²) in [7, 11) is 0. The van der Waals surface area contributed by atoms with Crippen molar-refractivity contribution in [2.45, 2.75) is 11.8 Å². The predicted octanol–water partition coefficient (Wildman–Crippen LogP) is 7.29. The van der Waals surface area contributed by atoms with Gasteiger partial charge in [0, 0.05) is 23.6 Å². The molecule has 0 amide bonds. The van der Waals surface area contributed by atoms with E-state index in [2.05, 4.69) is 4.98 Å². The minimum atomic E-state index is -0.619. The van der Waals surface area contributed by atoms with Gasteiger partial charge in [-0.15, -0.1) is 0 Å². The number of pyridine rings is 1. The standard InChI is InChI=1S/C31H21F4NO/c32-24-9-1-19(2-10-24)29(20-3-11-25(33)12-4-20)23-17-28(31(37)36-18-23)30(21-5-13-26(34)14-6-21)22-7-15-27(35)16-8-22/h1-18,29-30H,(H,36,37). The highest BCUT2D eigenvalue weighted by atomic mass is 19.1. The van der Waals surface area contributed by atoms with E-state index in [0.29, 0.717) is 22.3 Å². The van der Waals surface area contributed by atoms with E-state index in [9.17, 15) is 22.4 Å². The molecule has 0 radical (unpaired) electrons. The average Bonchev–Trinajstić information content (AvgIpc) is 2.90. The number of halogens is 4. The van der Waals surface area contributed by atoms with Crippen molar-refractivity contribution >= 4 is 0 Å². The second-order valence-corrected chi connectivity index (χ2v) is 8.79. The summed E-state index contributed by atoms with van der Waals surface area (Å²) in [6, 6.07) is 25.3. The normalized spacial score (nSPS) is 11.3. The number of nitrogens with one attached hydrogen (secondary N) is 1. The molecule has 0 aliphatic heterocycles. The lowest BCUT2D eigenvalue weighted by Gasteiger charge is -2.22. The fourth-order valence-electron chi connectivity index (χ4n) is 4.65. The molecule has 184 valence electrons. The Morgan fingerprint density at radius 2 is 0.784 bits per heavy atom. The van der Waals surface area contributed by atoms with Crippen LogP contribution in [0.2, 0.25) is 0 Å². The Morgan fingerprint density at radius 1 is 0.459 bits per heavy atom. The van der Waals surface area contributed by atoms with Gasteiger partial charge >= 0.3 is 0 Å². The van der Waals surface area contributed by atoms with Crippen LogP contribution in [-0.2, 0) is 0 Å². The smallest absolute Gasteiger partial charge is 0.252 e. The number of H-pyrrole nitrogens is 1. The molecular formula is C31H21F4NO. The molecule has 4 aromatic carbocycles. The first-order chi connectivity index (χ1) is 17.9. The molecule has 0 unspecified atom stereocenters. The van der Waals surface area contributed by atoms with Crippen LogP contribution in [-0.4, -0.2) is 4.98 Å². The summed E-state index contributed by atoms with van der Waals surface area (Å²) in [6.07, 6.45) is 1.58. The molecule has 0 saturated carbocycles. The van der Waals surface area contributed by atoms with Crippen LogP contribution < -0.4 is 5.56 Å². The van der Waals surface area contributed by atoms with Crippen molar-refractivity contribution in [3.63, 3.8) is 0 Å². The maximum Gasteiger partial charge on any atom is 0.252 e. The van der Waals surface area contributed by atoms with Gasteiger partial charge in [-0.3, -0.25) is 4.79 Å². The maximum atomic E-state index is 13.7. The number of hydrogen-bond acceptors (Lipinski definition) is 1. The number of hydrogen-bond donors (Lipinski definition) is 1. The van der Waals surface area contributed by atoms with Crippen molar-refractivity contribution in [3.8, 4) is 0 Å². The van der Waals surface area contributed by atoms with E-state index < -0.39 is 35.1 Å².